The summed E-state index contributed by atoms with van der Waals surface area (Å²) < 4.78 is 96.1. The summed E-state index contributed by atoms with van der Waals surface area (Å²) >= 11 is 6.64. The van der Waals surface area contributed by atoms with E-state index in [9.17, 15) is 22.4 Å². The molecule has 8 rings (SSSR count). The lowest BCUT2D eigenvalue weighted by Gasteiger charge is -2.41. The second kappa shape index (κ2) is 13.6. The average Bonchev–Trinajstić information content (AvgIpc) is 3.72. The van der Waals surface area contributed by atoms with E-state index in [1.165, 1.54) is 24.1 Å². The third kappa shape index (κ3) is 6.36. The quantitative estimate of drug-likeness (QED) is 0.158. The Labute approximate surface area is 311 Å². The van der Waals surface area contributed by atoms with E-state index in [1.54, 1.807) is 23.1 Å². The van der Waals surface area contributed by atoms with Crippen molar-refractivity contribution in [3.05, 3.63) is 70.0 Å². The number of hydrogen-bond acceptors (Lipinski definition) is 9. The molecule has 4 atom stereocenters. The van der Waals surface area contributed by atoms with Gasteiger partial charge in [-0.1, -0.05) is 17.7 Å². The van der Waals surface area contributed by atoms with Crippen molar-refractivity contribution >= 4 is 46.1 Å². The number of fused-ring (bicyclic) bond motifs is 4. The molecule has 0 radical (unpaired) electrons. The largest absolute Gasteiger partial charge is 0.461 e. The molecule has 1 amide bonds. The van der Waals surface area contributed by atoms with Crippen molar-refractivity contribution in [1.29, 1.82) is 0 Å². The van der Waals surface area contributed by atoms with Gasteiger partial charge in [-0.05, 0) is 69.0 Å². The van der Waals surface area contributed by atoms with Gasteiger partial charge >= 0.3 is 12.2 Å². The van der Waals surface area contributed by atoms with Crippen molar-refractivity contribution in [1.82, 2.24) is 29.7 Å². The van der Waals surface area contributed by atoms with E-state index in [-0.39, 0.29) is 71.8 Å². The van der Waals surface area contributed by atoms with Crippen LogP contribution in [-0.2, 0) is 11.0 Å². The summed E-state index contributed by atoms with van der Waals surface area (Å²) in [6.45, 7) is 2.49. The molecule has 1 aromatic carbocycles. The van der Waals surface area contributed by atoms with Crippen molar-refractivity contribution in [2.24, 2.45) is 0 Å². The summed E-state index contributed by atoms with van der Waals surface area (Å²) in [5, 5.41) is -0.311. The molecule has 4 aromatic rings. The van der Waals surface area contributed by atoms with E-state index in [0.717, 1.165) is 18.6 Å². The zero-order valence-electron chi connectivity index (χ0n) is 29.0. The predicted octanol–water partition coefficient (Wildman–Crippen LogP) is 6.93. The molecule has 0 saturated carbocycles. The van der Waals surface area contributed by atoms with Crippen LogP contribution in [0.4, 0.5) is 38.0 Å². The molecule has 2 bridgehead atoms. The number of benzene rings is 1. The number of piperazine rings is 1. The number of aromatic nitrogens is 4. The van der Waals surface area contributed by atoms with Crippen LogP contribution in [0.25, 0.3) is 28.2 Å². The fourth-order valence-electron chi connectivity index (χ4n) is 8.75. The minimum atomic E-state index is -4.93. The molecule has 4 aliphatic heterocycles. The molecular formula is C37H35ClF6N8O2. The van der Waals surface area contributed by atoms with E-state index in [0.29, 0.717) is 31.5 Å². The number of carbonyl (C=O) groups excluding carboxylic acids is 1. The highest BCUT2D eigenvalue weighted by atomic mass is 35.5. The first-order chi connectivity index (χ1) is 25.7. The van der Waals surface area contributed by atoms with Crippen LogP contribution in [0.3, 0.4) is 0 Å². The van der Waals surface area contributed by atoms with Crippen molar-refractivity contribution in [3.63, 3.8) is 0 Å². The molecule has 2 N–H and O–H groups in total. The van der Waals surface area contributed by atoms with Gasteiger partial charge < -0.3 is 20.3 Å². The summed E-state index contributed by atoms with van der Waals surface area (Å²) in [7, 11) is 0. The highest BCUT2D eigenvalue weighted by molar-refractivity contribution is 6.34. The van der Waals surface area contributed by atoms with Crippen molar-refractivity contribution in [2.75, 3.05) is 43.4 Å². The van der Waals surface area contributed by atoms with E-state index in [2.05, 4.69) is 19.9 Å². The number of halogens is 7. The zero-order valence-corrected chi connectivity index (χ0v) is 29.8. The average molecular weight is 773 g/mol. The van der Waals surface area contributed by atoms with Crippen LogP contribution < -0.4 is 15.4 Å². The third-order valence-corrected chi connectivity index (χ3v) is 11.3. The molecule has 0 aliphatic carbocycles. The summed E-state index contributed by atoms with van der Waals surface area (Å²) in [5.41, 5.74) is 2.24. The number of anilines is 2. The number of ether oxygens (including phenoxy) is 1. The van der Waals surface area contributed by atoms with Gasteiger partial charge in [0.25, 0.3) is 5.91 Å². The first-order valence-corrected chi connectivity index (χ1v) is 18.0. The molecule has 3 aromatic heterocycles. The van der Waals surface area contributed by atoms with Crippen LogP contribution in [0.15, 0.2) is 42.4 Å². The van der Waals surface area contributed by atoms with Crippen molar-refractivity contribution in [3.8, 4) is 17.3 Å². The maximum Gasteiger partial charge on any atom is 0.418 e. The van der Waals surface area contributed by atoms with Gasteiger partial charge in [-0.15, -0.1) is 0 Å². The Bertz CT molecular complexity index is 2160. The van der Waals surface area contributed by atoms with E-state index in [1.807, 2.05) is 4.90 Å². The Balaban J connectivity index is 1.20. The predicted molar refractivity (Wildman–Crippen MR) is 190 cm³/mol. The minimum absolute atomic E-state index is 0.00400. The number of carbonyl (C=O) groups is 1. The molecule has 7 heterocycles. The van der Waals surface area contributed by atoms with E-state index < -0.39 is 64.3 Å². The summed E-state index contributed by atoms with van der Waals surface area (Å²) in [6, 6.07) is 6.09. The monoisotopic (exact) mass is 772 g/mol. The summed E-state index contributed by atoms with van der Waals surface area (Å²) in [6.07, 6.45) is -0.531. The molecule has 4 fully saturated rings. The van der Waals surface area contributed by atoms with Gasteiger partial charge in [0, 0.05) is 43.7 Å². The number of aryl methyl sites for hydroxylation is 1. The van der Waals surface area contributed by atoms with Gasteiger partial charge in [-0.25, -0.2) is 18.2 Å². The third-order valence-electron chi connectivity index (χ3n) is 11.0. The summed E-state index contributed by atoms with van der Waals surface area (Å²) in [5.74, 6) is -3.04. The smallest absolute Gasteiger partial charge is 0.418 e. The first kappa shape index (κ1) is 36.3. The van der Waals surface area contributed by atoms with Crippen LogP contribution in [0.2, 0.25) is 5.02 Å². The number of alkyl halides is 4. The standard InChI is InChI=1S/C37H35ClF6N8O2/c1-19-11-27(45)47-32(29(19)37(42,43)44)28-25(38)13-24-31(30(28)41)48-35(54-18-36-8-4-10-51(36)15-20(39)14-36)49-33(24)50-16-22-6-7-23(17-50)52(22)34(53)26(40)12-21-5-2-3-9-46-21/h2-3,5,9,11-13,20,22-23H,4,6-8,10,14-18H2,1H3,(H2,45,47)/b26-12-/t20-,22?,23?,36-/m1/s1. The Hall–Kier alpha value is -4.70. The molecule has 284 valence electrons. The number of nitrogen functional groups attached to an aromatic ring is 1. The SMILES string of the molecule is Cc1cc(N)nc(-c2c(Cl)cc3c(N4CC5CCC(C4)N5C(=O)/C(F)=C/c4ccccn4)nc(OC[C@]45CCCN4C[C@H](F)C5)nc3c2F)c1C(F)(F)F. The van der Waals surface area contributed by atoms with Gasteiger partial charge in [0.05, 0.1) is 45.2 Å². The van der Waals surface area contributed by atoms with Crippen LogP contribution in [0.5, 0.6) is 6.01 Å². The Morgan fingerprint density at radius 3 is 2.59 bits per heavy atom. The molecule has 2 unspecified atom stereocenters. The number of hydrogen-bond donors (Lipinski definition) is 1. The lowest BCUT2D eigenvalue weighted by atomic mass is 9.95. The number of nitrogens with zero attached hydrogens (tertiary/aromatic N) is 7. The zero-order chi connectivity index (χ0) is 38.1. The van der Waals surface area contributed by atoms with Crippen LogP contribution in [0, 0.1) is 12.7 Å². The normalized spacial score (nSPS) is 24.4. The summed E-state index contributed by atoms with van der Waals surface area (Å²) in [4.78, 5) is 35.7. The second-order valence-corrected chi connectivity index (χ2v) is 14.9. The molecular weight excluding hydrogens is 738 g/mol. The maximum absolute atomic E-state index is 16.9. The highest BCUT2D eigenvalue weighted by Gasteiger charge is 2.50. The first-order valence-electron chi connectivity index (χ1n) is 17.6. The van der Waals surface area contributed by atoms with Crippen LogP contribution >= 0.6 is 11.6 Å². The lowest BCUT2D eigenvalue weighted by molar-refractivity contribution is -0.137. The van der Waals surface area contributed by atoms with E-state index in [4.69, 9.17) is 22.1 Å². The Morgan fingerprint density at radius 1 is 1.13 bits per heavy atom. The van der Waals surface area contributed by atoms with E-state index >= 15 is 8.78 Å². The molecule has 4 aliphatic rings. The fraction of sp³-hybridized carbons (Fsp3) is 0.432. The van der Waals surface area contributed by atoms with Gasteiger partial charge in [0.1, 0.15) is 29.9 Å². The highest BCUT2D eigenvalue weighted by Crippen LogP contribution is 2.46. The molecule has 54 heavy (non-hydrogen) atoms. The maximum atomic E-state index is 16.9. The van der Waals surface area contributed by atoms with Gasteiger partial charge in [0.2, 0.25) is 0 Å². The van der Waals surface area contributed by atoms with Crippen LogP contribution in [0.1, 0.15) is 48.9 Å². The number of pyridine rings is 2. The van der Waals surface area contributed by atoms with Gasteiger partial charge in [-0.3, -0.25) is 14.7 Å². The van der Waals surface area contributed by atoms with Crippen molar-refractivity contribution < 1.29 is 35.9 Å². The van der Waals surface area contributed by atoms with Gasteiger partial charge in [-0.2, -0.15) is 23.1 Å². The topological polar surface area (TPSA) is 114 Å². The minimum Gasteiger partial charge on any atom is -0.461 e. The number of nitrogens with two attached hydrogens (primary N) is 1. The lowest BCUT2D eigenvalue weighted by Crippen LogP contribution is -2.56. The van der Waals surface area contributed by atoms with Crippen molar-refractivity contribution in [2.45, 2.75) is 69.0 Å². The Kier molecular flexibility index (Phi) is 9.11. The van der Waals surface area contributed by atoms with Crippen LogP contribution in [-0.4, -0.2) is 92.2 Å². The number of amides is 1. The molecule has 0 spiro atoms. The molecule has 4 saturated heterocycles. The fourth-order valence-corrected chi connectivity index (χ4v) is 9.03. The van der Waals surface area contributed by atoms with Gasteiger partial charge in [0.15, 0.2) is 11.6 Å². The second-order valence-electron chi connectivity index (χ2n) is 14.5. The molecule has 17 heteroatoms. The number of rotatable bonds is 7. The Morgan fingerprint density at radius 2 is 1.89 bits per heavy atom. The molecule has 10 nitrogen and oxygen atoms in total.